The summed E-state index contributed by atoms with van der Waals surface area (Å²) in [5.41, 5.74) is 0.985. The molecule has 0 saturated heterocycles. The van der Waals surface area contributed by atoms with Gasteiger partial charge in [0.25, 0.3) is 0 Å². The minimum absolute atomic E-state index is 0.00463. The Kier molecular flexibility index (Phi) is 6.98. The largest absolute Gasteiger partial charge is 0.487 e. The summed E-state index contributed by atoms with van der Waals surface area (Å²) >= 11 is 1.60. The van der Waals surface area contributed by atoms with Gasteiger partial charge in [-0.2, -0.15) is 0 Å². The molecule has 0 spiro atoms. The molecule has 28 heavy (non-hydrogen) atoms. The van der Waals surface area contributed by atoms with Crippen LogP contribution in [0.2, 0.25) is 0 Å². The number of carbonyl (C=O) groups excluding carboxylic acids is 1. The Morgan fingerprint density at radius 3 is 2.86 bits per heavy atom. The van der Waals surface area contributed by atoms with Crippen molar-refractivity contribution in [3.63, 3.8) is 0 Å². The number of aldehydes is 1. The Morgan fingerprint density at radius 2 is 2.18 bits per heavy atom. The second-order valence-electron chi connectivity index (χ2n) is 6.13. The SMILES string of the molecule is CNS(=O)N(CC=O)c1c(OCC2=CCCC=C2)cc2cc(Br)ccc2c1F. The highest BCUT2D eigenvalue weighted by Crippen LogP contribution is 2.38. The quantitative estimate of drug-likeness (QED) is 0.593. The summed E-state index contributed by atoms with van der Waals surface area (Å²) in [6.07, 6.45) is 8.61. The number of nitrogens with zero attached hydrogens (tertiary/aromatic N) is 1. The summed E-state index contributed by atoms with van der Waals surface area (Å²) in [6.45, 7) is 0.00886. The van der Waals surface area contributed by atoms with E-state index in [9.17, 15) is 9.00 Å². The highest BCUT2D eigenvalue weighted by molar-refractivity contribution is 9.10. The van der Waals surface area contributed by atoms with E-state index >= 15 is 4.39 Å². The first-order valence-corrected chi connectivity index (χ1v) is 10.7. The van der Waals surface area contributed by atoms with Gasteiger partial charge in [0.1, 0.15) is 24.3 Å². The van der Waals surface area contributed by atoms with E-state index in [1.165, 1.54) is 7.05 Å². The van der Waals surface area contributed by atoms with Crippen molar-refractivity contribution in [1.29, 1.82) is 0 Å². The number of hydrogen-bond donors (Lipinski definition) is 1. The van der Waals surface area contributed by atoms with Crippen LogP contribution in [-0.2, 0) is 16.0 Å². The van der Waals surface area contributed by atoms with E-state index in [-0.39, 0.29) is 24.6 Å². The van der Waals surface area contributed by atoms with E-state index in [2.05, 4.69) is 32.8 Å². The number of allylic oxidation sites excluding steroid dienone is 2. The van der Waals surface area contributed by atoms with Gasteiger partial charge in [-0.3, -0.25) is 4.31 Å². The van der Waals surface area contributed by atoms with Crippen LogP contribution in [0.1, 0.15) is 12.8 Å². The number of fused-ring (bicyclic) bond motifs is 1. The van der Waals surface area contributed by atoms with E-state index < -0.39 is 17.0 Å². The molecule has 0 aromatic heterocycles. The lowest BCUT2D eigenvalue weighted by Gasteiger charge is -2.24. The zero-order chi connectivity index (χ0) is 20.1. The van der Waals surface area contributed by atoms with Crippen LogP contribution in [0.15, 0.2) is 52.5 Å². The molecule has 0 heterocycles. The summed E-state index contributed by atoms with van der Waals surface area (Å²) in [4.78, 5) is 11.2. The number of ether oxygens (including phenoxy) is 1. The van der Waals surface area contributed by atoms with E-state index in [0.29, 0.717) is 17.1 Å². The molecular weight excluding hydrogens is 447 g/mol. The van der Waals surface area contributed by atoms with E-state index in [0.717, 1.165) is 27.2 Å². The molecule has 1 unspecified atom stereocenters. The normalized spacial score (nSPS) is 14.6. The fourth-order valence-corrected chi connectivity index (χ4v) is 4.13. The Balaban J connectivity index is 2.11. The summed E-state index contributed by atoms with van der Waals surface area (Å²) in [5.74, 6) is -0.355. The van der Waals surface area contributed by atoms with Crippen LogP contribution in [-0.4, -0.2) is 30.7 Å². The molecule has 2 aromatic rings. The lowest BCUT2D eigenvalue weighted by molar-refractivity contribution is -0.106. The summed E-state index contributed by atoms with van der Waals surface area (Å²) < 4.78 is 38.3. The minimum Gasteiger partial charge on any atom is -0.487 e. The van der Waals surface area contributed by atoms with Gasteiger partial charge in [0, 0.05) is 9.86 Å². The van der Waals surface area contributed by atoms with E-state index in [1.54, 1.807) is 24.3 Å². The Hall–Kier alpha value is -2.03. The molecule has 1 N–H and O–H groups in total. The van der Waals surface area contributed by atoms with Crippen molar-refractivity contribution in [3.8, 4) is 5.75 Å². The van der Waals surface area contributed by atoms with Crippen molar-refractivity contribution in [2.45, 2.75) is 12.8 Å². The van der Waals surface area contributed by atoms with E-state index in [1.807, 2.05) is 6.08 Å². The molecule has 0 amide bonds. The first-order valence-electron chi connectivity index (χ1n) is 8.75. The number of hydrogen-bond acceptors (Lipinski definition) is 3. The van der Waals surface area contributed by atoms with Gasteiger partial charge < -0.3 is 9.53 Å². The summed E-state index contributed by atoms with van der Waals surface area (Å²) in [5, 5.41) is 0.992. The molecule has 0 saturated carbocycles. The topological polar surface area (TPSA) is 58.6 Å². The van der Waals surface area contributed by atoms with Crippen molar-refractivity contribution in [3.05, 3.63) is 58.4 Å². The van der Waals surface area contributed by atoms with Gasteiger partial charge in [0.15, 0.2) is 17.0 Å². The fourth-order valence-electron chi connectivity index (χ4n) is 3.00. The molecule has 1 aliphatic rings. The van der Waals surface area contributed by atoms with Gasteiger partial charge in [-0.25, -0.2) is 13.3 Å². The zero-order valence-corrected chi connectivity index (χ0v) is 17.7. The van der Waals surface area contributed by atoms with Crippen LogP contribution in [0.4, 0.5) is 10.1 Å². The number of nitrogens with one attached hydrogen (secondary N) is 1. The average Bonchev–Trinajstić information content (AvgIpc) is 2.71. The van der Waals surface area contributed by atoms with Crippen LogP contribution in [0.25, 0.3) is 10.8 Å². The molecule has 0 fully saturated rings. The third kappa shape index (κ3) is 4.51. The minimum atomic E-state index is -1.80. The molecule has 8 heteroatoms. The monoisotopic (exact) mass is 466 g/mol. The Morgan fingerprint density at radius 1 is 1.36 bits per heavy atom. The molecule has 0 bridgehead atoms. The van der Waals surface area contributed by atoms with Crippen molar-refractivity contribution in [2.75, 3.05) is 24.5 Å². The van der Waals surface area contributed by atoms with Crippen LogP contribution in [0.5, 0.6) is 5.75 Å². The van der Waals surface area contributed by atoms with Gasteiger partial charge >= 0.3 is 0 Å². The van der Waals surface area contributed by atoms with Crippen LogP contribution in [0, 0.1) is 5.82 Å². The van der Waals surface area contributed by atoms with Gasteiger partial charge in [0.05, 0.1) is 6.54 Å². The lowest BCUT2D eigenvalue weighted by Crippen LogP contribution is -2.35. The first kappa shape index (κ1) is 20.7. The number of anilines is 1. The lowest BCUT2D eigenvalue weighted by atomic mass is 10.1. The maximum absolute atomic E-state index is 15.5. The number of halogens is 2. The van der Waals surface area contributed by atoms with Crippen molar-refractivity contribution in [1.82, 2.24) is 4.72 Å². The molecule has 2 aromatic carbocycles. The molecule has 1 atom stereocenters. The number of benzene rings is 2. The predicted molar refractivity (Wildman–Crippen MR) is 114 cm³/mol. The van der Waals surface area contributed by atoms with Crippen LogP contribution in [0.3, 0.4) is 0 Å². The molecule has 0 aliphatic heterocycles. The average molecular weight is 467 g/mol. The molecule has 3 rings (SSSR count). The maximum atomic E-state index is 15.5. The number of rotatable bonds is 8. The molecular formula is C20H20BrFN2O3S. The third-order valence-electron chi connectivity index (χ3n) is 4.31. The van der Waals surface area contributed by atoms with Crippen LogP contribution < -0.4 is 13.8 Å². The second kappa shape index (κ2) is 9.45. The smallest absolute Gasteiger partial charge is 0.196 e. The highest BCUT2D eigenvalue weighted by atomic mass is 79.9. The summed E-state index contributed by atoms with van der Waals surface area (Å²) in [6, 6.07) is 6.85. The van der Waals surface area contributed by atoms with E-state index in [4.69, 9.17) is 4.74 Å². The molecule has 148 valence electrons. The molecule has 1 aliphatic carbocycles. The van der Waals surface area contributed by atoms with Gasteiger partial charge in [0.2, 0.25) is 0 Å². The fraction of sp³-hybridized carbons (Fsp3) is 0.250. The van der Waals surface area contributed by atoms with Crippen molar-refractivity contribution >= 4 is 49.8 Å². The third-order valence-corrected chi connectivity index (χ3v) is 5.88. The van der Waals surface area contributed by atoms with Gasteiger partial charge in [-0.05, 0) is 49.0 Å². The maximum Gasteiger partial charge on any atom is 0.196 e. The summed E-state index contributed by atoms with van der Waals surface area (Å²) in [7, 11) is 1.47. The molecule has 0 radical (unpaired) electrons. The second-order valence-corrected chi connectivity index (χ2v) is 8.39. The van der Waals surface area contributed by atoms with Crippen LogP contribution >= 0.6 is 15.9 Å². The van der Waals surface area contributed by atoms with Gasteiger partial charge in [-0.1, -0.05) is 40.2 Å². The number of carbonyl (C=O) groups is 1. The standard InChI is InChI=1S/C20H20BrFN2O3S/c1-23-28(26)24(9-10-25)20-18(27-13-14-5-3-2-4-6-14)12-15-11-16(21)7-8-17(15)19(20)22/h3,5-8,10-12,23H,2,4,9,13H2,1H3. The first-order chi connectivity index (χ1) is 13.5. The van der Waals surface area contributed by atoms with Gasteiger partial charge in [-0.15, -0.1) is 0 Å². The Labute approximate surface area is 174 Å². The highest BCUT2D eigenvalue weighted by Gasteiger charge is 2.24. The van der Waals surface area contributed by atoms with Crippen molar-refractivity contribution < 1.29 is 18.1 Å². The predicted octanol–water partition coefficient (Wildman–Crippen LogP) is 4.20. The Bertz CT molecular complexity index is 978. The zero-order valence-electron chi connectivity index (χ0n) is 15.3. The van der Waals surface area contributed by atoms with Crippen molar-refractivity contribution in [2.24, 2.45) is 0 Å². The molecule has 5 nitrogen and oxygen atoms in total.